The van der Waals surface area contributed by atoms with Gasteiger partial charge in [-0.05, 0) is 19.3 Å². The molecule has 3 atom stereocenters. The van der Waals surface area contributed by atoms with E-state index in [1.54, 1.807) is 0 Å². The fourth-order valence-electron chi connectivity index (χ4n) is 1.74. The minimum absolute atomic E-state index is 0.330. The molecule has 3 unspecified atom stereocenters. The zero-order valence-corrected chi connectivity index (χ0v) is 10.4. The number of hydrogen-bond donors (Lipinski definition) is 1. The van der Waals surface area contributed by atoms with Gasteiger partial charge in [-0.15, -0.1) is 0 Å². The van der Waals surface area contributed by atoms with E-state index in [0.29, 0.717) is 16.9 Å². The van der Waals surface area contributed by atoms with E-state index in [1.165, 1.54) is 19.4 Å². The summed E-state index contributed by atoms with van der Waals surface area (Å²) in [6.45, 7) is 12.7. The SMILES string of the molecule is CCC(C)C=CC(C)(CC)C1(C)CN1. The molecular formula is C13H25N. The highest BCUT2D eigenvalue weighted by Gasteiger charge is 2.50. The number of nitrogens with one attached hydrogen (secondary N) is 1. The van der Waals surface area contributed by atoms with Crippen molar-refractivity contribution in [1.29, 1.82) is 0 Å². The molecule has 0 spiro atoms. The third-order valence-corrected chi connectivity index (χ3v) is 4.14. The van der Waals surface area contributed by atoms with Gasteiger partial charge in [-0.2, -0.15) is 0 Å². The van der Waals surface area contributed by atoms with Crippen LogP contribution in [-0.4, -0.2) is 12.1 Å². The average Bonchev–Trinajstić information content (AvgIpc) is 2.93. The van der Waals surface area contributed by atoms with Gasteiger partial charge in [0.2, 0.25) is 0 Å². The van der Waals surface area contributed by atoms with Crippen molar-refractivity contribution in [2.75, 3.05) is 6.54 Å². The maximum atomic E-state index is 3.49. The summed E-state index contributed by atoms with van der Waals surface area (Å²) in [5.41, 5.74) is 0.683. The molecule has 1 heterocycles. The lowest BCUT2D eigenvalue weighted by Crippen LogP contribution is -2.33. The van der Waals surface area contributed by atoms with Crippen molar-refractivity contribution in [3.63, 3.8) is 0 Å². The van der Waals surface area contributed by atoms with Crippen molar-refractivity contribution in [3.05, 3.63) is 12.2 Å². The van der Waals surface area contributed by atoms with Crippen molar-refractivity contribution < 1.29 is 0 Å². The van der Waals surface area contributed by atoms with Crippen LogP contribution in [0.5, 0.6) is 0 Å². The van der Waals surface area contributed by atoms with E-state index in [0.717, 1.165) is 0 Å². The molecule has 0 radical (unpaired) electrons. The van der Waals surface area contributed by atoms with Crippen molar-refractivity contribution >= 4 is 0 Å². The third-order valence-electron chi connectivity index (χ3n) is 4.14. The predicted octanol–water partition coefficient (Wildman–Crippen LogP) is 3.37. The topological polar surface area (TPSA) is 21.9 Å². The first-order valence-electron chi connectivity index (χ1n) is 5.92. The molecule has 1 saturated heterocycles. The quantitative estimate of drug-likeness (QED) is 0.527. The van der Waals surface area contributed by atoms with Crippen molar-refractivity contribution in [3.8, 4) is 0 Å². The van der Waals surface area contributed by atoms with Crippen LogP contribution < -0.4 is 5.32 Å². The average molecular weight is 195 g/mol. The van der Waals surface area contributed by atoms with Crippen LogP contribution in [0.25, 0.3) is 0 Å². The van der Waals surface area contributed by atoms with Gasteiger partial charge in [0.1, 0.15) is 0 Å². The van der Waals surface area contributed by atoms with Gasteiger partial charge in [0, 0.05) is 17.5 Å². The van der Waals surface area contributed by atoms with Gasteiger partial charge in [0.05, 0.1) is 0 Å². The molecular weight excluding hydrogens is 170 g/mol. The summed E-state index contributed by atoms with van der Waals surface area (Å²) in [7, 11) is 0. The zero-order chi connectivity index (χ0) is 10.8. The lowest BCUT2D eigenvalue weighted by molar-refractivity contribution is 0.310. The van der Waals surface area contributed by atoms with Crippen molar-refractivity contribution in [1.82, 2.24) is 5.32 Å². The first-order valence-corrected chi connectivity index (χ1v) is 5.92. The first-order chi connectivity index (χ1) is 6.47. The van der Waals surface area contributed by atoms with Crippen LogP contribution in [0.15, 0.2) is 12.2 Å². The molecule has 1 aliphatic rings. The van der Waals surface area contributed by atoms with E-state index in [9.17, 15) is 0 Å². The zero-order valence-electron chi connectivity index (χ0n) is 10.4. The lowest BCUT2D eigenvalue weighted by Gasteiger charge is -2.31. The molecule has 1 fully saturated rings. The third kappa shape index (κ3) is 2.20. The highest BCUT2D eigenvalue weighted by Crippen LogP contribution is 2.42. The Labute approximate surface area is 89.0 Å². The molecule has 0 aromatic heterocycles. The molecule has 14 heavy (non-hydrogen) atoms. The normalized spacial score (nSPS) is 32.9. The Kier molecular flexibility index (Phi) is 3.41. The smallest absolute Gasteiger partial charge is 0.0367 e. The van der Waals surface area contributed by atoms with Gasteiger partial charge >= 0.3 is 0 Å². The monoisotopic (exact) mass is 195 g/mol. The summed E-state index contributed by atoms with van der Waals surface area (Å²) in [6.07, 6.45) is 7.26. The van der Waals surface area contributed by atoms with Gasteiger partial charge in [-0.1, -0.05) is 46.3 Å². The van der Waals surface area contributed by atoms with Crippen LogP contribution in [-0.2, 0) is 0 Å². The Morgan fingerprint density at radius 3 is 2.43 bits per heavy atom. The molecule has 1 rings (SSSR count). The van der Waals surface area contributed by atoms with E-state index in [-0.39, 0.29) is 0 Å². The molecule has 1 heteroatoms. The van der Waals surface area contributed by atoms with Crippen LogP contribution in [0.2, 0.25) is 0 Å². The van der Waals surface area contributed by atoms with Gasteiger partial charge < -0.3 is 5.32 Å². The van der Waals surface area contributed by atoms with E-state index in [1.807, 2.05) is 0 Å². The van der Waals surface area contributed by atoms with Crippen molar-refractivity contribution in [2.24, 2.45) is 11.3 Å². The molecule has 0 aromatic rings. The molecule has 0 bridgehead atoms. The van der Waals surface area contributed by atoms with Crippen LogP contribution >= 0.6 is 0 Å². The summed E-state index contributed by atoms with van der Waals surface area (Å²) >= 11 is 0. The second-order valence-electron chi connectivity index (χ2n) is 5.20. The Morgan fingerprint density at radius 2 is 2.07 bits per heavy atom. The Balaban J connectivity index is 2.66. The Hall–Kier alpha value is -0.300. The van der Waals surface area contributed by atoms with Crippen LogP contribution in [0.4, 0.5) is 0 Å². The fraction of sp³-hybridized carbons (Fsp3) is 0.846. The highest BCUT2D eigenvalue weighted by molar-refractivity contribution is 5.18. The molecule has 1 aliphatic heterocycles. The molecule has 82 valence electrons. The van der Waals surface area contributed by atoms with E-state index in [2.05, 4.69) is 52.1 Å². The summed E-state index contributed by atoms with van der Waals surface area (Å²) in [5.74, 6) is 0.711. The van der Waals surface area contributed by atoms with Gasteiger partial charge in [-0.25, -0.2) is 0 Å². The molecule has 0 aliphatic carbocycles. The summed E-state index contributed by atoms with van der Waals surface area (Å²) in [5, 5.41) is 3.49. The minimum atomic E-state index is 0.330. The number of allylic oxidation sites excluding steroid dienone is 1. The standard InChI is InChI=1S/C13H25N/c1-6-11(3)8-9-12(4,7-2)13(5)10-14-13/h8-9,11,14H,6-7,10H2,1-5H3. The Morgan fingerprint density at radius 1 is 1.50 bits per heavy atom. The molecule has 0 amide bonds. The highest BCUT2D eigenvalue weighted by atomic mass is 15.2. The largest absolute Gasteiger partial charge is 0.308 e. The number of rotatable bonds is 5. The van der Waals surface area contributed by atoms with Crippen LogP contribution in [0.3, 0.4) is 0 Å². The molecule has 0 aromatic carbocycles. The van der Waals surface area contributed by atoms with Crippen LogP contribution in [0.1, 0.15) is 47.5 Å². The summed E-state index contributed by atoms with van der Waals surface area (Å²) < 4.78 is 0. The summed E-state index contributed by atoms with van der Waals surface area (Å²) in [6, 6.07) is 0. The van der Waals surface area contributed by atoms with E-state index >= 15 is 0 Å². The maximum absolute atomic E-state index is 3.49. The van der Waals surface area contributed by atoms with Crippen molar-refractivity contribution in [2.45, 2.75) is 53.0 Å². The Bertz CT molecular complexity index is 215. The van der Waals surface area contributed by atoms with Gasteiger partial charge in [0.15, 0.2) is 0 Å². The van der Waals surface area contributed by atoms with Gasteiger partial charge in [0.25, 0.3) is 0 Å². The first kappa shape index (κ1) is 11.8. The summed E-state index contributed by atoms with van der Waals surface area (Å²) in [4.78, 5) is 0. The fourth-order valence-corrected chi connectivity index (χ4v) is 1.74. The molecule has 1 N–H and O–H groups in total. The second-order valence-corrected chi connectivity index (χ2v) is 5.20. The van der Waals surface area contributed by atoms with Gasteiger partial charge in [-0.3, -0.25) is 0 Å². The van der Waals surface area contributed by atoms with Crippen LogP contribution in [0, 0.1) is 11.3 Å². The minimum Gasteiger partial charge on any atom is -0.308 e. The lowest BCUT2D eigenvalue weighted by atomic mass is 9.74. The maximum Gasteiger partial charge on any atom is 0.0367 e. The molecule has 1 nitrogen and oxygen atoms in total. The second kappa shape index (κ2) is 4.06. The number of hydrogen-bond acceptors (Lipinski definition) is 1. The molecule has 0 saturated carbocycles. The van der Waals surface area contributed by atoms with E-state index in [4.69, 9.17) is 0 Å². The van der Waals surface area contributed by atoms with E-state index < -0.39 is 0 Å². The predicted molar refractivity (Wildman–Crippen MR) is 63.4 cm³/mol.